The Morgan fingerprint density at radius 1 is 1.23 bits per heavy atom. The number of carbonyl (C=O) groups is 3. The Morgan fingerprint density at radius 2 is 1.97 bits per heavy atom. The first-order valence-electron chi connectivity index (χ1n) is 10.3. The predicted octanol–water partition coefficient (Wildman–Crippen LogP) is 3.44. The van der Waals surface area contributed by atoms with Crippen LogP contribution in [0.5, 0.6) is 5.75 Å². The number of cyclic esters (lactones) is 1. The maximum absolute atomic E-state index is 12.3. The Hall–Kier alpha value is -3.35. The summed E-state index contributed by atoms with van der Waals surface area (Å²) in [5, 5.41) is 11.7. The van der Waals surface area contributed by atoms with Crippen LogP contribution in [-0.2, 0) is 20.7 Å². The first kappa shape index (κ1) is 22.3. The molecular weight excluding hydrogens is 398 g/mol. The van der Waals surface area contributed by atoms with Gasteiger partial charge in [0, 0.05) is 6.42 Å². The number of hydrogen-bond acceptors (Lipinski definition) is 5. The summed E-state index contributed by atoms with van der Waals surface area (Å²) in [6, 6.07) is 11.9. The summed E-state index contributed by atoms with van der Waals surface area (Å²) >= 11 is 0. The molecule has 0 aromatic heterocycles. The molecule has 2 N–H and O–H groups in total. The number of esters is 1. The van der Waals surface area contributed by atoms with Gasteiger partial charge in [-0.05, 0) is 54.2 Å². The van der Waals surface area contributed by atoms with Gasteiger partial charge in [-0.1, -0.05) is 38.1 Å². The van der Waals surface area contributed by atoms with Gasteiger partial charge < -0.3 is 19.9 Å². The molecule has 2 aromatic carbocycles. The van der Waals surface area contributed by atoms with Crippen molar-refractivity contribution < 1.29 is 29.0 Å². The van der Waals surface area contributed by atoms with E-state index in [4.69, 9.17) is 9.47 Å². The van der Waals surface area contributed by atoms with Crippen LogP contribution >= 0.6 is 0 Å². The minimum absolute atomic E-state index is 0.137. The van der Waals surface area contributed by atoms with Crippen LogP contribution in [0.4, 0.5) is 0 Å². The van der Waals surface area contributed by atoms with Crippen LogP contribution in [0.15, 0.2) is 42.5 Å². The lowest BCUT2D eigenvalue weighted by atomic mass is 9.94. The lowest BCUT2D eigenvalue weighted by Crippen LogP contribution is -2.43. The lowest BCUT2D eigenvalue weighted by Gasteiger charge is -2.25. The van der Waals surface area contributed by atoms with Crippen molar-refractivity contribution in [3.63, 3.8) is 0 Å². The first-order valence-corrected chi connectivity index (χ1v) is 10.3. The Balaban J connectivity index is 1.62. The molecule has 0 aliphatic carbocycles. The van der Waals surface area contributed by atoms with Crippen LogP contribution in [0.25, 0.3) is 0 Å². The van der Waals surface area contributed by atoms with E-state index in [9.17, 15) is 19.5 Å². The van der Waals surface area contributed by atoms with Gasteiger partial charge in [-0.15, -0.1) is 0 Å². The smallest absolute Gasteiger partial charge is 0.339 e. The van der Waals surface area contributed by atoms with Crippen LogP contribution in [0.1, 0.15) is 53.4 Å². The molecular formula is C24H27NO6. The molecule has 1 heterocycles. The minimum atomic E-state index is -1.06. The number of nitrogens with one attached hydrogen (secondary N) is 1. The zero-order valence-electron chi connectivity index (χ0n) is 17.9. The van der Waals surface area contributed by atoms with Gasteiger partial charge in [-0.3, -0.25) is 4.79 Å². The maximum Gasteiger partial charge on any atom is 0.339 e. The Morgan fingerprint density at radius 3 is 2.65 bits per heavy atom. The molecule has 1 aliphatic heterocycles. The SMILES string of the molecule is Cc1cc([C@@H]2Cc3ccccc3C(=O)O2)ccc1OCC(=O)N[C@@H](CC(C)C)C(=O)O. The monoisotopic (exact) mass is 425 g/mol. The summed E-state index contributed by atoms with van der Waals surface area (Å²) in [6.07, 6.45) is 0.555. The fraction of sp³-hybridized carbons (Fsp3) is 0.375. The third-order valence-corrected chi connectivity index (χ3v) is 5.16. The molecule has 0 radical (unpaired) electrons. The summed E-state index contributed by atoms with van der Waals surface area (Å²) in [5.74, 6) is -1.24. The van der Waals surface area contributed by atoms with Crippen molar-refractivity contribution >= 4 is 17.8 Å². The molecule has 0 bridgehead atoms. The van der Waals surface area contributed by atoms with Gasteiger partial charge in [-0.25, -0.2) is 9.59 Å². The summed E-state index contributed by atoms with van der Waals surface area (Å²) in [4.78, 5) is 35.7. The molecule has 1 amide bonds. The van der Waals surface area contributed by atoms with E-state index >= 15 is 0 Å². The van der Waals surface area contributed by atoms with Crippen LogP contribution < -0.4 is 10.1 Å². The van der Waals surface area contributed by atoms with Crippen molar-refractivity contribution in [1.29, 1.82) is 0 Å². The van der Waals surface area contributed by atoms with Crippen molar-refractivity contribution in [1.82, 2.24) is 5.32 Å². The van der Waals surface area contributed by atoms with Crippen LogP contribution in [-0.4, -0.2) is 35.6 Å². The molecule has 0 unspecified atom stereocenters. The first-order chi connectivity index (χ1) is 14.7. The van der Waals surface area contributed by atoms with E-state index in [0.717, 1.165) is 16.7 Å². The van der Waals surface area contributed by atoms with E-state index < -0.39 is 17.9 Å². The topological polar surface area (TPSA) is 102 Å². The van der Waals surface area contributed by atoms with E-state index in [1.807, 2.05) is 51.1 Å². The Labute approximate surface area is 181 Å². The summed E-state index contributed by atoms with van der Waals surface area (Å²) < 4.78 is 11.2. The number of ether oxygens (including phenoxy) is 2. The third kappa shape index (κ3) is 5.63. The highest BCUT2D eigenvalue weighted by molar-refractivity contribution is 5.92. The Bertz CT molecular complexity index is 984. The van der Waals surface area contributed by atoms with E-state index in [-0.39, 0.29) is 24.6 Å². The van der Waals surface area contributed by atoms with Gasteiger partial charge in [0.2, 0.25) is 0 Å². The highest BCUT2D eigenvalue weighted by Crippen LogP contribution is 2.32. The summed E-state index contributed by atoms with van der Waals surface area (Å²) in [6.45, 7) is 5.35. The summed E-state index contributed by atoms with van der Waals surface area (Å²) in [7, 11) is 0. The third-order valence-electron chi connectivity index (χ3n) is 5.16. The molecule has 0 fully saturated rings. The average Bonchev–Trinajstić information content (AvgIpc) is 2.72. The number of rotatable bonds is 8. The zero-order valence-corrected chi connectivity index (χ0v) is 17.9. The molecule has 3 rings (SSSR count). The number of carboxylic acid groups (broad SMARTS) is 1. The summed E-state index contributed by atoms with van der Waals surface area (Å²) in [5.41, 5.74) is 3.18. The van der Waals surface area contributed by atoms with Gasteiger partial charge in [-0.2, -0.15) is 0 Å². The number of hydrogen-bond donors (Lipinski definition) is 2. The van der Waals surface area contributed by atoms with Crippen molar-refractivity contribution in [2.45, 2.75) is 45.8 Å². The standard InChI is InChI=1S/C24H27NO6/c1-14(2)10-19(23(27)28)25-22(26)13-30-20-9-8-17(11-15(20)3)21-12-16-6-4-5-7-18(16)24(29)31-21/h4-9,11,14,19,21H,10,12-13H2,1-3H3,(H,25,26)(H,27,28)/t19-,21-/m0/s1. The number of amides is 1. The molecule has 7 nitrogen and oxygen atoms in total. The van der Waals surface area contributed by atoms with Crippen molar-refractivity contribution in [3.05, 3.63) is 64.7 Å². The second-order valence-electron chi connectivity index (χ2n) is 8.16. The number of carboxylic acids is 1. The van der Waals surface area contributed by atoms with E-state index in [1.165, 1.54) is 0 Å². The Kier molecular flexibility index (Phi) is 6.95. The molecule has 164 valence electrons. The van der Waals surface area contributed by atoms with Gasteiger partial charge in [0.15, 0.2) is 6.61 Å². The molecule has 2 aromatic rings. The number of benzene rings is 2. The van der Waals surface area contributed by atoms with E-state index in [0.29, 0.717) is 24.2 Å². The van der Waals surface area contributed by atoms with Gasteiger partial charge in [0.25, 0.3) is 5.91 Å². The van der Waals surface area contributed by atoms with Crippen LogP contribution in [0, 0.1) is 12.8 Å². The quantitative estimate of drug-likeness (QED) is 0.628. The number of carbonyl (C=O) groups excluding carboxylic acids is 2. The second-order valence-corrected chi connectivity index (χ2v) is 8.16. The van der Waals surface area contributed by atoms with Gasteiger partial charge in [0.05, 0.1) is 5.56 Å². The van der Waals surface area contributed by atoms with Crippen molar-refractivity contribution in [3.8, 4) is 5.75 Å². The number of fused-ring (bicyclic) bond motifs is 1. The highest BCUT2D eigenvalue weighted by Gasteiger charge is 2.27. The molecule has 2 atom stereocenters. The van der Waals surface area contributed by atoms with E-state index in [1.54, 1.807) is 12.1 Å². The zero-order chi connectivity index (χ0) is 22.5. The molecule has 7 heteroatoms. The van der Waals surface area contributed by atoms with Crippen molar-refractivity contribution in [2.24, 2.45) is 5.92 Å². The number of aliphatic carboxylic acids is 1. The van der Waals surface area contributed by atoms with Gasteiger partial charge >= 0.3 is 11.9 Å². The largest absolute Gasteiger partial charge is 0.484 e. The predicted molar refractivity (Wildman–Crippen MR) is 114 cm³/mol. The normalized spacial score (nSPS) is 16.3. The van der Waals surface area contributed by atoms with E-state index in [2.05, 4.69) is 5.32 Å². The minimum Gasteiger partial charge on any atom is -0.484 e. The van der Waals surface area contributed by atoms with Crippen LogP contribution in [0.3, 0.4) is 0 Å². The van der Waals surface area contributed by atoms with Crippen LogP contribution in [0.2, 0.25) is 0 Å². The lowest BCUT2D eigenvalue weighted by molar-refractivity contribution is -0.142. The number of aryl methyl sites for hydroxylation is 1. The average molecular weight is 425 g/mol. The molecule has 1 aliphatic rings. The maximum atomic E-state index is 12.3. The molecule has 0 spiro atoms. The fourth-order valence-electron chi connectivity index (χ4n) is 3.62. The molecule has 0 saturated carbocycles. The molecule has 31 heavy (non-hydrogen) atoms. The molecule has 0 saturated heterocycles. The fourth-order valence-corrected chi connectivity index (χ4v) is 3.62. The highest BCUT2D eigenvalue weighted by atomic mass is 16.5. The van der Waals surface area contributed by atoms with Crippen molar-refractivity contribution in [2.75, 3.05) is 6.61 Å². The second kappa shape index (κ2) is 9.64. The van der Waals surface area contributed by atoms with Gasteiger partial charge in [0.1, 0.15) is 17.9 Å².